The molecule has 0 aliphatic rings. The van der Waals surface area contributed by atoms with E-state index in [4.69, 9.17) is 4.74 Å². The number of nitrogens with zero attached hydrogens (tertiary/aromatic N) is 1. The molecule has 0 bridgehead atoms. The fourth-order valence-electron chi connectivity index (χ4n) is 2.39. The van der Waals surface area contributed by atoms with Gasteiger partial charge >= 0.3 is 0 Å². The van der Waals surface area contributed by atoms with Crippen molar-refractivity contribution in [1.82, 2.24) is 10.6 Å². The molecule has 0 saturated carbocycles. The van der Waals surface area contributed by atoms with Gasteiger partial charge in [-0.2, -0.15) is 0 Å². The third-order valence-corrected chi connectivity index (χ3v) is 3.72. The maximum Gasteiger partial charge on any atom is 0.246 e. The number of hydrogen-bond acceptors (Lipinski definition) is 4. The molecular weight excluding hydrogens is 332 g/mol. The SMILES string of the molecule is CCNC(=NCC(=O)Nc1ccc(O)cc1)NCCC(OCC)C(C)C. The number of carbonyl (C=O) groups excluding carboxylic acids is 1. The minimum absolute atomic E-state index is 0.00921. The van der Waals surface area contributed by atoms with Gasteiger partial charge in [-0.15, -0.1) is 0 Å². The zero-order valence-corrected chi connectivity index (χ0v) is 16.2. The lowest BCUT2D eigenvalue weighted by molar-refractivity contribution is -0.114. The molecule has 0 aliphatic heterocycles. The molecule has 1 rings (SSSR count). The quantitative estimate of drug-likeness (QED) is 0.290. The van der Waals surface area contributed by atoms with E-state index in [2.05, 4.69) is 34.8 Å². The van der Waals surface area contributed by atoms with E-state index < -0.39 is 0 Å². The number of hydrogen-bond donors (Lipinski definition) is 4. The van der Waals surface area contributed by atoms with Gasteiger partial charge in [-0.1, -0.05) is 13.8 Å². The standard InChI is InChI=1S/C19H32N4O3/c1-5-20-19(21-12-11-17(14(3)4)26-6-2)22-13-18(25)23-15-7-9-16(24)10-8-15/h7-10,14,17,24H,5-6,11-13H2,1-4H3,(H,23,25)(H2,20,21,22). The molecule has 0 fully saturated rings. The van der Waals surface area contributed by atoms with E-state index in [0.29, 0.717) is 37.3 Å². The first kappa shape index (κ1) is 21.8. The third-order valence-electron chi connectivity index (χ3n) is 3.72. The lowest BCUT2D eigenvalue weighted by atomic mass is 10.0. The van der Waals surface area contributed by atoms with E-state index in [0.717, 1.165) is 6.42 Å². The van der Waals surface area contributed by atoms with Gasteiger partial charge in [-0.05, 0) is 50.5 Å². The van der Waals surface area contributed by atoms with Crippen molar-refractivity contribution in [3.8, 4) is 5.75 Å². The van der Waals surface area contributed by atoms with E-state index in [1.807, 2.05) is 13.8 Å². The Balaban J connectivity index is 2.48. The normalized spacial score (nSPS) is 12.7. The van der Waals surface area contributed by atoms with E-state index in [1.165, 1.54) is 12.1 Å². The number of amides is 1. The van der Waals surface area contributed by atoms with Gasteiger partial charge < -0.3 is 25.8 Å². The van der Waals surface area contributed by atoms with Crippen molar-refractivity contribution < 1.29 is 14.6 Å². The topological polar surface area (TPSA) is 95.0 Å². The summed E-state index contributed by atoms with van der Waals surface area (Å²) in [6.07, 6.45) is 1.07. The zero-order valence-electron chi connectivity index (χ0n) is 16.2. The van der Waals surface area contributed by atoms with Crippen molar-refractivity contribution in [2.45, 2.75) is 40.2 Å². The number of anilines is 1. The first-order valence-corrected chi connectivity index (χ1v) is 9.18. The smallest absolute Gasteiger partial charge is 0.246 e. The molecule has 1 unspecified atom stereocenters. The van der Waals surface area contributed by atoms with Crippen LogP contribution in [0.15, 0.2) is 29.3 Å². The molecule has 1 amide bonds. The van der Waals surface area contributed by atoms with Crippen LogP contribution in [0.2, 0.25) is 0 Å². The maximum atomic E-state index is 12.0. The van der Waals surface area contributed by atoms with Gasteiger partial charge in [0, 0.05) is 25.4 Å². The third kappa shape index (κ3) is 8.71. The number of nitrogens with one attached hydrogen (secondary N) is 3. The summed E-state index contributed by atoms with van der Waals surface area (Å²) in [5.41, 5.74) is 0.623. The zero-order chi connectivity index (χ0) is 19.4. The summed E-state index contributed by atoms with van der Waals surface area (Å²) in [6.45, 7) is 10.4. The van der Waals surface area contributed by atoms with Crippen LogP contribution in [0.3, 0.4) is 0 Å². The van der Waals surface area contributed by atoms with Crippen LogP contribution in [-0.4, -0.2) is 49.3 Å². The van der Waals surface area contributed by atoms with E-state index in [-0.39, 0.29) is 24.3 Å². The lowest BCUT2D eigenvalue weighted by Crippen LogP contribution is -2.40. The van der Waals surface area contributed by atoms with Crippen LogP contribution in [0.1, 0.15) is 34.1 Å². The highest BCUT2D eigenvalue weighted by molar-refractivity contribution is 5.94. The summed E-state index contributed by atoms with van der Waals surface area (Å²) < 4.78 is 5.74. The number of ether oxygens (including phenoxy) is 1. The molecule has 0 aliphatic carbocycles. The van der Waals surface area contributed by atoms with E-state index in [1.54, 1.807) is 12.1 Å². The van der Waals surface area contributed by atoms with Crippen molar-refractivity contribution in [1.29, 1.82) is 0 Å². The van der Waals surface area contributed by atoms with Gasteiger partial charge in [-0.3, -0.25) is 4.79 Å². The average Bonchev–Trinajstić information content (AvgIpc) is 2.60. The highest BCUT2D eigenvalue weighted by Gasteiger charge is 2.13. The molecule has 1 atom stereocenters. The molecule has 0 aromatic heterocycles. The fraction of sp³-hybridized carbons (Fsp3) is 0.579. The Morgan fingerprint density at radius 3 is 2.46 bits per heavy atom. The van der Waals surface area contributed by atoms with Crippen LogP contribution < -0.4 is 16.0 Å². The van der Waals surface area contributed by atoms with Crippen LogP contribution >= 0.6 is 0 Å². The molecule has 1 aromatic carbocycles. The Hall–Kier alpha value is -2.28. The predicted molar refractivity (Wildman–Crippen MR) is 106 cm³/mol. The number of guanidine groups is 1. The molecule has 1 aromatic rings. The van der Waals surface area contributed by atoms with E-state index in [9.17, 15) is 9.90 Å². The molecule has 146 valence electrons. The average molecular weight is 364 g/mol. The molecule has 0 saturated heterocycles. The monoisotopic (exact) mass is 364 g/mol. The Kier molecular flexibility index (Phi) is 10.2. The highest BCUT2D eigenvalue weighted by atomic mass is 16.5. The van der Waals surface area contributed by atoms with Crippen LogP contribution in [0.4, 0.5) is 5.69 Å². The first-order valence-electron chi connectivity index (χ1n) is 9.18. The molecule has 0 spiro atoms. The number of phenolic OH excluding ortho intramolecular Hbond substituents is 1. The van der Waals surface area contributed by atoms with Crippen LogP contribution in [0.25, 0.3) is 0 Å². The number of aliphatic imine (C=N–C) groups is 1. The summed E-state index contributed by atoms with van der Waals surface area (Å²) in [4.78, 5) is 16.3. The molecule has 7 heteroatoms. The van der Waals surface area contributed by atoms with Gasteiger partial charge in [0.05, 0.1) is 6.10 Å². The van der Waals surface area contributed by atoms with E-state index >= 15 is 0 Å². The van der Waals surface area contributed by atoms with Crippen molar-refractivity contribution in [2.75, 3.05) is 31.6 Å². The van der Waals surface area contributed by atoms with Gasteiger partial charge in [0.1, 0.15) is 12.3 Å². The number of rotatable bonds is 10. The molecule has 26 heavy (non-hydrogen) atoms. The number of phenols is 1. The summed E-state index contributed by atoms with van der Waals surface area (Å²) in [7, 11) is 0. The first-order chi connectivity index (χ1) is 12.5. The van der Waals surface area contributed by atoms with Gasteiger partial charge in [-0.25, -0.2) is 4.99 Å². The molecule has 7 nitrogen and oxygen atoms in total. The second-order valence-corrected chi connectivity index (χ2v) is 6.24. The van der Waals surface area contributed by atoms with Crippen molar-refractivity contribution >= 4 is 17.6 Å². The summed E-state index contributed by atoms with van der Waals surface area (Å²) in [5.74, 6) is 0.994. The molecule has 4 N–H and O–H groups in total. The maximum absolute atomic E-state index is 12.0. The van der Waals surface area contributed by atoms with Gasteiger partial charge in [0.25, 0.3) is 0 Å². The Morgan fingerprint density at radius 2 is 1.88 bits per heavy atom. The van der Waals surface area contributed by atoms with Crippen molar-refractivity contribution in [3.05, 3.63) is 24.3 Å². The predicted octanol–water partition coefficient (Wildman–Crippen LogP) is 2.34. The lowest BCUT2D eigenvalue weighted by Gasteiger charge is -2.21. The largest absolute Gasteiger partial charge is 0.508 e. The number of benzene rings is 1. The van der Waals surface area contributed by atoms with Crippen LogP contribution in [0, 0.1) is 5.92 Å². The fourth-order valence-corrected chi connectivity index (χ4v) is 2.39. The number of aromatic hydroxyl groups is 1. The molecule has 0 radical (unpaired) electrons. The Bertz CT molecular complexity index is 558. The van der Waals surface area contributed by atoms with Crippen LogP contribution in [0.5, 0.6) is 5.75 Å². The Labute approximate surface area is 156 Å². The summed E-state index contributed by atoms with van der Waals surface area (Å²) >= 11 is 0. The summed E-state index contributed by atoms with van der Waals surface area (Å²) in [6, 6.07) is 6.32. The molecular formula is C19H32N4O3. The van der Waals surface area contributed by atoms with Crippen molar-refractivity contribution in [3.63, 3.8) is 0 Å². The second kappa shape index (κ2) is 12.1. The minimum Gasteiger partial charge on any atom is -0.508 e. The van der Waals surface area contributed by atoms with Crippen LogP contribution in [-0.2, 0) is 9.53 Å². The Morgan fingerprint density at radius 1 is 1.19 bits per heavy atom. The summed E-state index contributed by atoms with van der Waals surface area (Å²) in [5, 5.41) is 18.4. The minimum atomic E-state index is -0.220. The number of carbonyl (C=O) groups is 1. The van der Waals surface area contributed by atoms with Crippen molar-refractivity contribution in [2.24, 2.45) is 10.9 Å². The highest BCUT2D eigenvalue weighted by Crippen LogP contribution is 2.13. The second-order valence-electron chi connectivity index (χ2n) is 6.24. The molecule has 0 heterocycles. The van der Waals surface area contributed by atoms with Gasteiger partial charge in [0.15, 0.2) is 5.96 Å². The van der Waals surface area contributed by atoms with Gasteiger partial charge in [0.2, 0.25) is 5.91 Å².